The third-order valence-corrected chi connectivity index (χ3v) is 3.93. The third kappa shape index (κ3) is 1.78. The zero-order chi connectivity index (χ0) is 10.2. The van der Waals surface area contributed by atoms with Crippen molar-refractivity contribution >= 4 is 27.3 Å². The van der Waals surface area contributed by atoms with Crippen molar-refractivity contribution in [2.75, 3.05) is 6.26 Å². The van der Waals surface area contributed by atoms with Crippen LogP contribution in [-0.4, -0.2) is 30.1 Å². The summed E-state index contributed by atoms with van der Waals surface area (Å²) < 4.78 is 23.5. The molecule has 0 atom stereocenters. The van der Waals surface area contributed by atoms with Gasteiger partial charge in [-0.2, -0.15) is 0 Å². The van der Waals surface area contributed by atoms with Crippen LogP contribution in [0.25, 0.3) is 0 Å². The van der Waals surface area contributed by atoms with E-state index in [1.807, 2.05) is 0 Å². The average molecular weight is 223 g/mol. The van der Waals surface area contributed by atoms with Crippen molar-refractivity contribution in [3.8, 4) is 0 Å². The summed E-state index contributed by atoms with van der Waals surface area (Å²) in [4.78, 5) is 21.3. The van der Waals surface area contributed by atoms with Crippen LogP contribution in [0.4, 0.5) is 0 Å². The van der Waals surface area contributed by atoms with Crippen LogP contribution >= 0.6 is 11.5 Å². The van der Waals surface area contributed by atoms with Gasteiger partial charge in [0.05, 0.1) is 0 Å². The molecule has 0 aliphatic carbocycles. The second kappa shape index (κ2) is 2.96. The van der Waals surface area contributed by atoms with Gasteiger partial charge in [-0.3, -0.25) is 9.17 Å². The van der Waals surface area contributed by atoms with Crippen molar-refractivity contribution in [1.82, 2.24) is 4.37 Å². The minimum absolute atomic E-state index is 0.440. The molecular weight excluding hydrogens is 218 g/mol. The van der Waals surface area contributed by atoms with E-state index in [1.165, 1.54) is 0 Å². The molecule has 0 aliphatic heterocycles. The molecule has 0 spiro atoms. The highest BCUT2D eigenvalue weighted by atomic mass is 32.2. The van der Waals surface area contributed by atoms with Gasteiger partial charge in [0.1, 0.15) is 0 Å². The van der Waals surface area contributed by atoms with Crippen molar-refractivity contribution < 1.29 is 18.3 Å². The van der Waals surface area contributed by atoms with E-state index < -0.39 is 31.1 Å². The largest absolute Gasteiger partial charge is 0.477 e. The first-order chi connectivity index (χ1) is 5.84. The van der Waals surface area contributed by atoms with E-state index in [-0.39, 0.29) is 0 Å². The lowest BCUT2D eigenvalue weighted by atomic mass is 10.4. The van der Waals surface area contributed by atoms with Crippen molar-refractivity contribution in [2.24, 2.45) is 0 Å². The molecule has 1 aromatic heterocycles. The Hall–Kier alpha value is -1.15. The van der Waals surface area contributed by atoms with Crippen LogP contribution in [-0.2, 0) is 9.84 Å². The van der Waals surface area contributed by atoms with Crippen molar-refractivity contribution in [3.05, 3.63) is 15.9 Å². The molecule has 0 aromatic carbocycles. The Morgan fingerprint density at radius 1 is 1.54 bits per heavy atom. The van der Waals surface area contributed by atoms with Gasteiger partial charge in [0.25, 0.3) is 5.56 Å². The number of aromatic nitrogens is 1. The fourth-order valence-corrected chi connectivity index (χ4v) is 2.58. The Morgan fingerprint density at radius 3 is 2.38 bits per heavy atom. The van der Waals surface area contributed by atoms with Crippen LogP contribution in [0.3, 0.4) is 0 Å². The first kappa shape index (κ1) is 9.93. The summed E-state index contributed by atoms with van der Waals surface area (Å²) in [5.41, 5.74) is -1.61. The van der Waals surface area contributed by atoms with Crippen LogP contribution in [0.5, 0.6) is 0 Å². The van der Waals surface area contributed by atoms with Crippen LogP contribution in [0.2, 0.25) is 0 Å². The molecule has 8 heteroatoms. The molecule has 1 aromatic rings. The molecule has 13 heavy (non-hydrogen) atoms. The molecule has 0 radical (unpaired) electrons. The van der Waals surface area contributed by atoms with E-state index in [9.17, 15) is 18.0 Å². The van der Waals surface area contributed by atoms with Gasteiger partial charge in [-0.1, -0.05) is 0 Å². The molecule has 0 fully saturated rings. The van der Waals surface area contributed by atoms with E-state index in [2.05, 4.69) is 4.37 Å². The first-order valence-corrected chi connectivity index (χ1v) is 5.69. The SMILES string of the molecule is CS(=O)(=O)c1s[nH]c(=O)c1C(=O)O. The van der Waals surface area contributed by atoms with Crippen LogP contribution < -0.4 is 5.56 Å². The molecule has 72 valence electrons. The molecule has 1 heterocycles. The van der Waals surface area contributed by atoms with Gasteiger partial charge in [0, 0.05) is 6.26 Å². The summed E-state index contributed by atoms with van der Waals surface area (Å²) >= 11 is 0.505. The van der Waals surface area contributed by atoms with E-state index in [0.29, 0.717) is 11.5 Å². The van der Waals surface area contributed by atoms with Gasteiger partial charge < -0.3 is 5.11 Å². The van der Waals surface area contributed by atoms with Crippen molar-refractivity contribution in [3.63, 3.8) is 0 Å². The minimum Gasteiger partial charge on any atom is -0.477 e. The van der Waals surface area contributed by atoms with Gasteiger partial charge in [-0.05, 0) is 11.5 Å². The summed E-state index contributed by atoms with van der Waals surface area (Å²) in [7, 11) is -3.65. The molecule has 0 unspecified atom stereocenters. The Kier molecular flexibility index (Phi) is 2.26. The maximum absolute atomic E-state index is 11.0. The lowest BCUT2D eigenvalue weighted by Gasteiger charge is -1.92. The summed E-state index contributed by atoms with van der Waals surface area (Å²) in [6.45, 7) is 0. The summed E-state index contributed by atoms with van der Waals surface area (Å²) in [6, 6.07) is 0. The fourth-order valence-electron chi connectivity index (χ4n) is 0.733. The molecule has 0 saturated heterocycles. The number of aromatic carboxylic acids is 1. The van der Waals surface area contributed by atoms with Crippen LogP contribution in [0.1, 0.15) is 10.4 Å². The van der Waals surface area contributed by atoms with Gasteiger partial charge in [0.2, 0.25) is 0 Å². The number of carboxylic acids is 1. The number of aromatic amines is 1. The lowest BCUT2D eigenvalue weighted by molar-refractivity contribution is 0.0692. The average Bonchev–Trinajstić information content (AvgIpc) is 2.28. The second-order valence-electron chi connectivity index (χ2n) is 2.27. The maximum Gasteiger partial charge on any atom is 0.343 e. The predicted molar refractivity (Wildman–Crippen MR) is 45.0 cm³/mol. The summed E-state index contributed by atoms with van der Waals surface area (Å²) in [5, 5.41) is 8.52. The number of nitrogens with one attached hydrogen (secondary N) is 1. The normalized spacial score (nSPS) is 11.5. The smallest absolute Gasteiger partial charge is 0.343 e. The number of hydrogen-bond acceptors (Lipinski definition) is 5. The standard InChI is InChI=1S/C5H5NO5S2/c1-13(10,11)5-2(4(8)9)3(7)6-12-5/h1H3,(H,6,7)(H,8,9). The Bertz CT molecular complexity index is 493. The number of rotatable bonds is 2. The zero-order valence-electron chi connectivity index (χ0n) is 6.40. The first-order valence-electron chi connectivity index (χ1n) is 2.99. The van der Waals surface area contributed by atoms with Crippen molar-refractivity contribution in [1.29, 1.82) is 0 Å². The highest BCUT2D eigenvalue weighted by molar-refractivity contribution is 7.92. The predicted octanol–water partition coefficient (Wildman–Crippen LogP) is -0.462. The number of carboxylic acid groups (broad SMARTS) is 1. The lowest BCUT2D eigenvalue weighted by Crippen LogP contribution is -2.14. The molecule has 6 nitrogen and oxygen atoms in total. The highest BCUT2D eigenvalue weighted by Gasteiger charge is 2.24. The van der Waals surface area contributed by atoms with Crippen LogP contribution in [0.15, 0.2) is 9.00 Å². The maximum atomic E-state index is 11.0. The van der Waals surface area contributed by atoms with Gasteiger partial charge in [0.15, 0.2) is 19.6 Å². The highest BCUT2D eigenvalue weighted by Crippen LogP contribution is 2.15. The van der Waals surface area contributed by atoms with E-state index in [0.717, 1.165) is 6.26 Å². The molecular formula is C5H5NO5S2. The van der Waals surface area contributed by atoms with E-state index in [1.54, 1.807) is 0 Å². The number of carbonyl (C=O) groups is 1. The Balaban J connectivity index is 3.59. The molecule has 0 amide bonds. The minimum atomic E-state index is -3.65. The number of sulfone groups is 1. The Morgan fingerprint density at radius 2 is 2.08 bits per heavy atom. The summed E-state index contributed by atoms with van der Waals surface area (Å²) in [6.07, 6.45) is 0.846. The molecule has 2 N–H and O–H groups in total. The third-order valence-electron chi connectivity index (χ3n) is 1.22. The quantitative estimate of drug-likeness (QED) is 0.705. The van der Waals surface area contributed by atoms with Crippen LogP contribution in [0, 0.1) is 0 Å². The second-order valence-corrected chi connectivity index (χ2v) is 5.30. The molecule has 0 bridgehead atoms. The number of hydrogen-bond donors (Lipinski definition) is 2. The molecule has 0 aliphatic rings. The van der Waals surface area contributed by atoms with E-state index >= 15 is 0 Å². The Labute approximate surface area is 76.9 Å². The molecule has 0 saturated carbocycles. The molecule has 1 rings (SSSR count). The zero-order valence-corrected chi connectivity index (χ0v) is 8.03. The van der Waals surface area contributed by atoms with Gasteiger partial charge >= 0.3 is 5.97 Å². The summed E-state index contributed by atoms with van der Waals surface area (Å²) in [5.74, 6) is -1.54. The monoisotopic (exact) mass is 223 g/mol. The van der Waals surface area contributed by atoms with Crippen molar-refractivity contribution in [2.45, 2.75) is 4.21 Å². The van der Waals surface area contributed by atoms with Gasteiger partial charge in [-0.15, -0.1) is 0 Å². The van der Waals surface area contributed by atoms with E-state index in [4.69, 9.17) is 5.11 Å². The topological polar surface area (TPSA) is 104 Å². The fraction of sp³-hybridized carbons (Fsp3) is 0.200. The van der Waals surface area contributed by atoms with Gasteiger partial charge in [-0.25, -0.2) is 13.2 Å². The number of H-pyrrole nitrogens is 1.